The number of nitrogens with one attached hydrogen (secondary N) is 4. The van der Waals surface area contributed by atoms with Gasteiger partial charge in [-0.2, -0.15) is 0 Å². The largest absolute Gasteiger partial charge is 0.344 e. The SMILES string of the molecule is O=C(NC(C(=O)N1CCCC1c1ncc(-c2ccc(C34CCC(c5cnc(C6CCCN6C(=O)C(NC(=O)C6CC6)c6ccccc6)[nH]5)(CC3)CC4)cc2)[nH]1)c1ccccc1)C1CC1. The molecule has 2 bridgehead atoms. The number of nitrogens with zero attached hydrogens (tertiary/aromatic N) is 4. The Morgan fingerprint density at radius 3 is 1.53 bits per heavy atom. The molecule has 4 N–H and O–H groups in total. The van der Waals surface area contributed by atoms with E-state index in [0.29, 0.717) is 13.1 Å². The molecule has 4 atom stereocenters. The second-order valence-electron chi connectivity index (χ2n) is 19.6. The van der Waals surface area contributed by atoms with Gasteiger partial charge < -0.3 is 30.4 Å². The highest BCUT2D eigenvalue weighted by molar-refractivity contribution is 5.91. The Hall–Kier alpha value is -6.04. The molecule has 12 rings (SSSR count). The summed E-state index contributed by atoms with van der Waals surface area (Å²) in [5.74, 6) is 1.45. The van der Waals surface area contributed by atoms with Crippen LogP contribution in [0.15, 0.2) is 97.3 Å². The van der Waals surface area contributed by atoms with E-state index in [-0.39, 0.29) is 58.4 Å². The van der Waals surface area contributed by atoms with Gasteiger partial charge in [0, 0.05) is 42.2 Å². The summed E-state index contributed by atoms with van der Waals surface area (Å²) < 4.78 is 0. The van der Waals surface area contributed by atoms with Gasteiger partial charge >= 0.3 is 0 Å². The number of aromatic nitrogens is 4. The van der Waals surface area contributed by atoms with Crippen molar-refractivity contribution in [3.8, 4) is 11.3 Å². The van der Waals surface area contributed by atoms with Gasteiger partial charge in [-0.25, -0.2) is 9.97 Å². The zero-order valence-electron chi connectivity index (χ0n) is 36.4. The molecule has 0 spiro atoms. The third kappa shape index (κ3) is 7.62. The minimum atomic E-state index is -0.717. The summed E-state index contributed by atoms with van der Waals surface area (Å²) in [4.78, 5) is 75.2. The predicted molar refractivity (Wildman–Crippen MR) is 241 cm³/mol. The lowest BCUT2D eigenvalue weighted by atomic mass is 9.51. The quantitative estimate of drug-likeness (QED) is 0.0936. The molecule has 2 aliphatic heterocycles. The van der Waals surface area contributed by atoms with Crippen molar-refractivity contribution in [2.45, 2.75) is 125 Å². The first-order chi connectivity index (χ1) is 31.3. The van der Waals surface area contributed by atoms with Gasteiger partial charge in [0.05, 0.1) is 24.0 Å². The third-order valence-electron chi connectivity index (χ3n) is 15.7. The van der Waals surface area contributed by atoms with Crippen molar-refractivity contribution in [1.82, 2.24) is 40.4 Å². The van der Waals surface area contributed by atoms with Gasteiger partial charge in [0.2, 0.25) is 23.6 Å². The summed E-state index contributed by atoms with van der Waals surface area (Å²) in [5, 5.41) is 6.17. The molecule has 4 heterocycles. The number of benzene rings is 3. The van der Waals surface area contributed by atoms with E-state index in [1.54, 1.807) is 0 Å². The fourth-order valence-corrected chi connectivity index (χ4v) is 11.5. The molecule has 7 fully saturated rings. The molecule has 330 valence electrons. The topological polar surface area (TPSA) is 156 Å². The van der Waals surface area contributed by atoms with Crippen LogP contribution < -0.4 is 10.6 Å². The molecule has 3 aromatic carbocycles. The van der Waals surface area contributed by atoms with Crippen LogP contribution in [-0.4, -0.2) is 66.5 Å². The number of hydrogen-bond donors (Lipinski definition) is 4. The average Bonchev–Trinajstić information content (AvgIpc) is 4.10. The number of H-pyrrole nitrogens is 2. The number of aromatic amines is 2. The molecule has 64 heavy (non-hydrogen) atoms. The van der Waals surface area contributed by atoms with Crippen LogP contribution in [0.25, 0.3) is 11.3 Å². The standard InChI is InChI=1S/C52H58N8O4/c61-47(36-15-16-36)57-43(34-9-3-1-4-10-34)49(63)59-29-7-13-40(59)45-53-31-39(55-45)33-19-21-38(22-20-33)51-23-26-52(27-24-51,28-25-51)42-32-54-46(56-42)41-14-8-30-60(41)50(64)44(35-11-5-2-6-12-35)58-48(62)37-17-18-37/h1-6,9-12,19-22,31-32,36-37,40-41,43-44H,7-8,13-18,23-30H2,(H,53,55)(H,54,56)(H,57,61)(H,58,62). The molecular formula is C52H58N8O4. The maximum absolute atomic E-state index is 14.3. The van der Waals surface area contributed by atoms with Crippen LogP contribution in [0.3, 0.4) is 0 Å². The monoisotopic (exact) mass is 858 g/mol. The van der Waals surface area contributed by atoms with Gasteiger partial charge in [-0.15, -0.1) is 0 Å². The summed E-state index contributed by atoms with van der Waals surface area (Å²) >= 11 is 0. The number of carbonyl (C=O) groups is 4. The van der Waals surface area contributed by atoms with Gasteiger partial charge in [-0.1, -0.05) is 84.9 Å². The number of imidazole rings is 2. The van der Waals surface area contributed by atoms with Crippen molar-refractivity contribution in [2.75, 3.05) is 13.1 Å². The molecule has 4 amide bonds. The molecule has 4 unspecified atom stereocenters. The number of hydrogen-bond acceptors (Lipinski definition) is 6. The highest BCUT2D eigenvalue weighted by atomic mass is 16.2. The van der Waals surface area contributed by atoms with Crippen molar-refractivity contribution >= 4 is 23.6 Å². The first-order valence-corrected chi connectivity index (χ1v) is 23.8. The highest BCUT2D eigenvalue weighted by Crippen LogP contribution is 2.58. The predicted octanol–water partition coefficient (Wildman–Crippen LogP) is 8.21. The molecule has 0 radical (unpaired) electrons. The van der Waals surface area contributed by atoms with Gasteiger partial charge in [0.1, 0.15) is 23.7 Å². The summed E-state index contributed by atoms with van der Waals surface area (Å²) in [6.45, 7) is 1.27. The average molecular weight is 859 g/mol. The zero-order valence-corrected chi connectivity index (χ0v) is 36.4. The molecule has 2 aromatic heterocycles. The van der Waals surface area contributed by atoms with Gasteiger partial charge in [-0.05, 0) is 118 Å². The summed E-state index contributed by atoms with van der Waals surface area (Å²) in [5.41, 5.74) is 6.40. The maximum atomic E-state index is 14.3. The lowest BCUT2D eigenvalue weighted by molar-refractivity contribution is -0.138. The minimum Gasteiger partial charge on any atom is -0.344 e. The van der Waals surface area contributed by atoms with E-state index in [0.717, 1.165) is 124 Å². The van der Waals surface area contributed by atoms with E-state index in [1.807, 2.05) is 82.9 Å². The van der Waals surface area contributed by atoms with Crippen molar-refractivity contribution < 1.29 is 19.2 Å². The molecule has 5 aromatic rings. The first kappa shape index (κ1) is 40.7. The zero-order chi connectivity index (χ0) is 43.4. The Morgan fingerprint density at radius 1 is 0.562 bits per heavy atom. The van der Waals surface area contributed by atoms with Crippen molar-refractivity contribution in [3.63, 3.8) is 0 Å². The smallest absolute Gasteiger partial charge is 0.250 e. The number of likely N-dealkylation sites (tertiary alicyclic amines) is 2. The van der Waals surface area contributed by atoms with E-state index in [9.17, 15) is 19.2 Å². The number of rotatable bonds is 13. The summed E-state index contributed by atoms with van der Waals surface area (Å²) in [6.07, 6.45) is 17.5. The number of amides is 4. The van der Waals surface area contributed by atoms with Crippen molar-refractivity contribution in [1.29, 1.82) is 0 Å². The Bertz CT molecular complexity index is 2500. The first-order valence-electron chi connectivity index (χ1n) is 23.8. The lowest BCUT2D eigenvalue weighted by Crippen LogP contribution is -2.46. The molecule has 5 saturated carbocycles. The van der Waals surface area contributed by atoms with E-state index in [4.69, 9.17) is 9.97 Å². The molecule has 12 nitrogen and oxygen atoms in total. The van der Waals surface area contributed by atoms with Crippen LogP contribution >= 0.6 is 0 Å². The second-order valence-corrected chi connectivity index (χ2v) is 19.6. The van der Waals surface area contributed by atoms with Crippen LogP contribution in [0.2, 0.25) is 0 Å². The van der Waals surface area contributed by atoms with E-state index >= 15 is 0 Å². The Balaban J connectivity index is 0.744. The van der Waals surface area contributed by atoms with E-state index < -0.39 is 12.1 Å². The third-order valence-corrected chi connectivity index (χ3v) is 15.7. The summed E-state index contributed by atoms with van der Waals surface area (Å²) in [7, 11) is 0. The molecule has 12 heteroatoms. The molecule has 7 aliphatic rings. The number of fused-ring (bicyclic) bond motifs is 3. The minimum absolute atomic E-state index is 0.0102. The number of carbonyl (C=O) groups excluding carboxylic acids is 4. The van der Waals surface area contributed by atoms with Crippen LogP contribution in [-0.2, 0) is 30.0 Å². The van der Waals surface area contributed by atoms with E-state index in [2.05, 4.69) is 44.9 Å². The van der Waals surface area contributed by atoms with Crippen molar-refractivity contribution in [3.05, 3.63) is 131 Å². The van der Waals surface area contributed by atoms with Gasteiger partial charge in [0.25, 0.3) is 0 Å². The Morgan fingerprint density at radius 2 is 1.03 bits per heavy atom. The van der Waals surface area contributed by atoms with Gasteiger partial charge in [0.15, 0.2) is 0 Å². The van der Waals surface area contributed by atoms with Crippen LogP contribution in [0.5, 0.6) is 0 Å². The maximum Gasteiger partial charge on any atom is 0.250 e. The Labute approximate surface area is 374 Å². The molecule has 2 saturated heterocycles. The van der Waals surface area contributed by atoms with Crippen LogP contribution in [0, 0.1) is 11.8 Å². The van der Waals surface area contributed by atoms with Gasteiger partial charge in [-0.3, -0.25) is 19.2 Å². The van der Waals surface area contributed by atoms with Crippen LogP contribution in [0.4, 0.5) is 0 Å². The fraction of sp³-hybridized carbons (Fsp3) is 0.462. The Kier molecular flexibility index (Phi) is 10.5. The van der Waals surface area contributed by atoms with E-state index in [1.165, 1.54) is 11.3 Å². The van der Waals surface area contributed by atoms with Crippen LogP contribution in [0.1, 0.15) is 148 Å². The normalized spacial score (nSPS) is 26.1. The summed E-state index contributed by atoms with van der Waals surface area (Å²) in [6, 6.07) is 26.5. The fourth-order valence-electron chi connectivity index (χ4n) is 11.5. The lowest BCUT2D eigenvalue weighted by Gasteiger charge is -2.53. The second kappa shape index (κ2) is 16.5. The molecule has 5 aliphatic carbocycles. The highest BCUT2D eigenvalue weighted by Gasteiger charge is 2.51. The van der Waals surface area contributed by atoms with Crippen molar-refractivity contribution in [2.24, 2.45) is 11.8 Å². The molecular weight excluding hydrogens is 801 g/mol.